The fourth-order valence-electron chi connectivity index (χ4n) is 1.88. The molecule has 98 valence electrons. The molecule has 0 spiro atoms. The fraction of sp³-hybridized carbons (Fsp3) is 0.692. The lowest BCUT2D eigenvalue weighted by molar-refractivity contribution is -0.0256. The number of nitrogens with zero attached hydrogens (tertiary/aromatic N) is 3. The van der Waals surface area contributed by atoms with E-state index >= 15 is 0 Å². The molecule has 1 aliphatic heterocycles. The van der Waals surface area contributed by atoms with E-state index in [0.29, 0.717) is 13.2 Å². The van der Waals surface area contributed by atoms with E-state index in [2.05, 4.69) is 42.1 Å². The van der Waals surface area contributed by atoms with Crippen molar-refractivity contribution in [3.8, 4) is 6.07 Å². The molecule has 4 nitrogen and oxygen atoms in total. The number of rotatable bonds is 2. The van der Waals surface area contributed by atoms with Crippen LogP contribution in [0.1, 0.15) is 37.6 Å². The van der Waals surface area contributed by atoms with E-state index in [4.69, 9.17) is 10.00 Å². The first-order chi connectivity index (χ1) is 8.50. The summed E-state index contributed by atoms with van der Waals surface area (Å²) in [5.41, 5.74) is 1.19. The predicted octanol–water partition coefficient (Wildman–Crippen LogP) is 2.34. The largest absolute Gasteiger partial charge is 0.368 e. The summed E-state index contributed by atoms with van der Waals surface area (Å²) in [6.45, 7) is 9.24. The summed E-state index contributed by atoms with van der Waals surface area (Å²) >= 11 is 1.66. The molecular weight excluding hydrogens is 246 g/mol. The zero-order chi connectivity index (χ0) is 13.2. The maximum Gasteiger partial charge on any atom is 0.123 e. The van der Waals surface area contributed by atoms with E-state index in [1.54, 1.807) is 11.3 Å². The van der Waals surface area contributed by atoms with Crippen molar-refractivity contribution < 1.29 is 4.74 Å². The first-order valence-corrected chi connectivity index (χ1v) is 7.05. The second-order valence-electron chi connectivity index (χ2n) is 5.57. The van der Waals surface area contributed by atoms with Crippen LogP contribution in [-0.4, -0.2) is 36.1 Å². The molecule has 1 aliphatic rings. The molecule has 18 heavy (non-hydrogen) atoms. The lowest BCUT2D eigenvalue weighted by atomic mass is 9.93. The van der Waals surface area contributed by atoms with Gasteiger partial charge in [0.25, 0.3) is 0 Å². The summed E-state index contributed by atoms with van der Waals surface area (Å²) in [6, 6.07) is 2.19. The standard InChI is InChI=1S/C13H19N3OS/c1-13(2,3)11-9-18-12(15-11)10-8-16(5-4-14)6-7-17-10/h9-10H,5-8H2,1-3H3/t10-/m1/s1. The molecule has 1 atom stereocenters. The van der Waals surface area contributed by atoms with Crippen LogP contribution in [0.25, 0.3) is 0 Å². The Bertz CT molecular complexity index is 444. The van der Waals surface area contributed by atoms with Gasteiger partial charge in [0.15, 0.2) is 0 Å². The Labute approximate surface area is 112 Å². The van der Waals surface area contributed by atoms with Crippen molar-refractivity contribution in [1.29, 1.82) is 5.26 Å². The van der Waals surface area contributed by atoms with Gasteiger partial charge in [-0.05, 0) is 0 Å². The van der Waals surface area contributed by atoms with Gasteiger partial charge in [0, 0.05) is 23.9 Å². The zero-order valence-electron chi connectivity index (χ0n) is 11.1. The third-order valence-electron chi connectivity index (χ3n) is 3.01. The second kappa shape index (κ2) is 5.35. The van der Waals surface area contributed by atoms with E-state index in [9.17, 15) is 0 Å². The molecule has 0 unspecified atom stereocenters. The van der Waals surface area contributed by atoms with Crippen LogP contribution in [0.2, 0.25) is 0 Å². The molecule has 0 aromatic carbocycles. The van der Waals surface area contributed by atoms with Crippen molar-refractivity contribution in [3.05, 3.63) is 16.1 Å². The van der Waals surface area contributed by atoms with Crippen LogP contribution in [0.4, 0.5) is 0 Å². The summed E-state index contributed by atoms with van der Waals surface area (Å²) in [7, 11) is 0. The lowest BCUT2D eigenvalue weighted by Gasteiger charge is -2.30. The number of hydrogen-bond acceptors (Lipinski definition) is 5. The second-order valence-corrected chi connectivity index (χ2v) is 6.46. The van der Waals surface area contributed by atoms with Gasteiger partial charge in [-0.25, -0.2) is 4.98 Å². The molecule has 2 rings (SSSR count). The van der Waals surface area contributed by atoms with Gasteiger partial charge in [-0.1, -0.05) is 20.8 Å². The normalized spacial score (nSPS) is 21.8. The molecule has 1 aromatic heterocycles. The summed E-state index contributed by atoms with van der Waals surface area (Å²) < 4.78 is 5.76. The van der Waals surface area contributed by atoms with E-state index in [-0.39, 0.29) is 11.5 Å². The smallest absolute Gasteiger partial charge is 0.123 e. The Kier molecular flexibility index (Phi) is 4.00. The average Bonchev–Trinajstić information content (AvgIpc) is 2.78. The zero-order valence-corrected chi connectivity index (χ0v) is 12.0. The first-order valence-electron chi connectivity index (χ1n) is 6.17. The first kappa shape index (κ1) is 13.5. The third-order valence-corrected chi connectivity index (χ3v) is 3.95. The highest BCUT2D eigenvalue weighted by Crippen LogP contribution is 2.29. The van der Waals surface area contributed by atoms with Crippen LogP contribution in [0.15, 0.2) is 5.38 Å². The number of nitriles is 1. The van der Waals surface area contributed by atoms with Crippen molar-refractivity contribution in [1.82, 2.24) is 9.88 Å². The molecule has 0 bridgehead atoms. The van der Waals surface area contributed by atoms with Gasteiger partial charge in [-0.3, -0.25) is 4.90 Å². The Hall–Kier alpha value is -0.960. The molecule has 2 heterocycles. The number of aromatic nitrogens is 1. The topological polar surface area (TPSA) is 49.2 Å². The number of thiazole rings is 1. The average molecular weight is 265 g/mol. The maximum absolute atomic E-state index is 8.74. The molecule has 1 fully saturated rings. The fourth-order valence-corrected chi connectivity index (χ4v) is 2.96. The molecule has 5 heteroatoms. The highest BCUT2D eigenvalue weighted by molar-refractivity contribution is 7.09. The molecule has 0 aliphatic carbocycles. The molecule has 0 N–H and O–H groups in total. The van der Waals surface area contributed by atoms with Crippen molar-refractivity contribution in [2.45, 2.75) is 32.3 Å². The Morgan fingerprint density at radius 2 is 2.39 bits per heavy atom. The van der Waals surface area contributed by atoms with E-state index in [1.807, 2.05) is 0 Å². The molecule has 1 aromatic rings. The van der Waals surface area contributed by atoms with Crippen molar-refractivity contribution in [2.75, 3.05) is 26.2 Å². The van der Waals surface area contributed by atoms with Crippen LogP contribution in [0, 0.1) is 11.3 Å². The van der Waals surface area contributed by atoms with Crippen LogP contribution in [0.3, 0.4) is 0 Å². The van der Waals surface area contributed by atoms with Gasteiger partial charge >= 0.3 is 0 Å². The van der Waals surface area contributed by atoms with Gasteiger partial charge < -0.3 is 4.74 Å². The quantitative estimate of drug-likeness (QED) is 0.770. The number of ether oxygens (including phenoxy) is 1. The van der Waals surface area contributed by atoms with Crippen LogP contribution >= 0.6 is 11.3 Å². The van der Waals surface area contributed by atoms with Crippen molar-refractivity contribution in [3.63, 3.8) is 0 Å². The minimum atomic E-state index is 0.0215. The summed E-state index contributed by atoms with van der Waals surface area (Å²) in [6.07, 6.45) is 0.0215. The molecule has 0 radical (unpaired) electrons. The molecule has 1 saturated heterocycles. The van der Waals surface area contributed by atoms with Crippen LogP contribution in [-0.2, 0) is 10.2 Å². The van der Waals surface area contributed by atoms with E-state index in [1.165, 1.54) is 0 Å². The lowest BCUT2D eigenvalue weighted by Crippen LogP contribution is -2.38. The number of hydrogen-bond donors (Lipinski definition) is 0. The predicted molar refractivity (Wildman–Crippen MR) is 71.6 cm³/mol. The molecular formula is C13H19N3OS. The Morgan fingerprint density at radius 1 is 1.61 bits per heavy atom. The van der Waals surface area contributed by atoms with Gasteiger partial charge in [-0.15, -0.1) is 11.3 Å². The highest BCUT2D eigenvalue weighted by atomic mass is 32.1. The summed E-state index contributed by atoms with van der Waals surface area (Å²) in [5.74, 6) is 0. The Balaban J connectivity index is 2.07. The van der Waals surface area contributed by atoms with Crippen LogP contribution < -0.4 is 0 Å². The molecule has 0 saturated carbocycles. The van der Waals surface area contributed by atoms with Gasteiger partial charge in [0.05, 0.1) is 24.9 Å². The summed E-state index contributed by atoms with van der Waals surface area (Å²) in [5, 5.41) is 11.9. The van der Waals surface area contributed by atoms with E-state index in [0.717, 1.165) is 23.8 Å². The van der Waals surface area contributed by atoms with Crippen molar-refractivity contribution in [2.24, 2.45) is 0 Å². The third kappa shape index (κ3) is 3.08. The van der Waals surface area contributed by atoms with Gasteiger partial charge in [0.2, 0.25) is 0 Å². The minimum Gasteiger partial charge on any atom is -0.368 e. The maximum atomic E-state index is 8.74. The molecule has 0 amide bonds. The summed E-state index contributed by atoms with van der Waals surface area (Å²) in [4.78, 5) is 6.80. The van der Waals surface area contributed by atoms with Gasteiger partial charge in [0.1, 0.15) is 11.1 Å². The Morgan fingerprint density at radius 3 is 3.00 bits per heavy atom. The number of morpholine rings is 1. The SMILES string of the molecule is CC(C)(C)c1csc([C@H]2CN(CC#N)CCO2)n1. The monoisotopic (exact) mass is 265 g/mol. The van der Waals surface area contributed by atoms with Crippen molar-refractivity contribution >= 4 is 11.3 Å². The van der Waals surface area contributed by atoms with Crippen LogP contribution in [0.5, 0.6) is 0 Å². The van der Waals surface area contributed by atoms with E-state index < -0.39 is 0 Å². The highest BCUT2D eigenvalue weighted by Gasteiger charge is 2.26. The minimum absolute atomic E-state index is 0.0215. The van der Waals surface area contributed by atoms with Gasteiger partial charge in [-0.2, -0.15) is 5.26 Å².